The van der Waals surface area contributed by atoms with Gasteiger partial charge >= 0.3 is 12.5 Å². The van der Waals surface area contributed by atoms with Crippen LogP contribution in [0.25, 0.3) is 0 Å². The predicted molar refractivity (Wildman–Crippen MR) is 129 cm³/mol. The predicted octanol–water partition coefficient (Wildman–Crippen LogP) is 9.93. The lowest BCUT2D eigenvalue weighted by atomic mass is 9.77. The molecule has 0 aliphatic heterocycles. The maximum atomic E-state index is 14.8. The van der Waals surface area contributed by atoms with Gasteiger partial charge in [-0.3, -0.25) is 0 Å². The highest BCUT2D eigenvalue weighted by molar-refractivity contribution is 5.37. The van der Waals surface area contributed by atoms with Gasteiger partial charge in [0.25, 0.3) is 0 Å². The summed E-state index contributed by atoms with van der Waals surface area (Å²) in [6, 6.07) is 1.57. The van der Waals surface area contributed by atoms with Crippen molar-refractivity contribution in [2.24, 2.45) is 17.8 Å². The lowest BCUT2D eigenvalue weighted by Gasteiger charge is -2.29. The number of hydrogen-bond acceptors (Lipinski definition) is 2. The largest absolute Gasteiger partial charge is 0.573 e. The summed E-state index contributed by atoms with van der Waals surface area (Å²) in [6.45, 7) is 2.26. The fraction of sp³-hybridized carbons (Fsp3) is 0.517. The average molecular weight is 581 g/mol. The molecule has 40 heavy (non-hydrogen) atoms. The van der Waals surface area contributed by atoms with Gasteiger partial charge in [0.2, 0.25) is 5.75 Å². The van der Waals surface area contributed by atoms with Crippen LogP contribution in [0.4, 0.5) is 39.5 Å². The van der Waals surface area contributed by atoms with Crippen LogP contribution in [0.5, 0.6) is 11.5 Å². The molecule has 11 heteroatoms. The molecule has 2 saturated carbocycles. The molecular weight excluding hydrogens is 551 g/mol. The van der Waals surface area contributed by atoms with Gasteiger partial charge in [-0.25, -0.2) is 17.6 Å². The van der Waals surface area contributed by atoms with Gasteiger partial charge in [0, 0.05) is 12.1 Å². The van der Waals surface area contributed by atoms with Crippen LogP contribution in [0.3, 0.4) is 0 Å². The van der Waals surface area contributed by atoms with Gasteiger partial charge < -0.3 is 9.47 Å². The lowest BCUT2D eigenvalue weighted by molar-refractivity contribution is -0.276. The normalized spacial score (nSPS) is 24.4. The Morgan fingerprint density at radius 2 is 1.12 bits per heavy atom. The first kappa shape index (κ1) is 30.1. The highest BCUT2D eigenvalue weighted by Crippen LogP contribution is 2.42. The van der Waals surface area contributed by atoms with E-state index in [0.717, 1.165) is 30.9 Å². The standard InChI is InChI=1S/C29H29F9O2/c1-16-2-4-17(5-3-16)6-7-18-8-10-19(11-9-18)20-12-22(30)26(23(31)13-20)28(34,35)39-21-14-24(32)27(25(33)15-21)40-29(36,37)38/h6-7,12-19H,2-5,8-11H2,1H3/b7-6+. The van der Waals surface area contributed by atoms with Crippen molar-refractivity contribution >= 4 is 0 Å². The van der Waals surface area contributed by atoms with Gasteiger partial charge in [0.05, 0.1) is 0 Å². The molecule has 4 rings (SSSR count). The Bertz CT molecular complexity index is 1160. The van der Waals surface area contributed by atoms with Gasteiger partial charge in [-0.1, -0.05) is 31.9 Å². The maximum Gasteiger partial charge on any atom is 0.573 e. The van der Waals surface area contributed by atoms with E-state index < -0.39 is 52.8 Å². The Kier molecular flexibility index (Phi) is 8.99. The van der Waals surface area contributed by atoms with E-state index in [2.05, 4.69) is 28.5 Å². The Balaban J connectivity index is 1.42. The molecule has 2 fully saturated rings. The first-order valence-electron chi connectivity index (χ1n) is 13.2. The van der Waals surface area contributed by atoms with Gasteiger partial charge in [0.1, 0.15) is 22.9 Å². The summed E-state index contributed by atoms with van der Waals surface area (Å²) in [5, 5.41) is 0. The number of alkyl halides is 5. The first-order chi connectivity index (χ1) is 18.7. The molecule has 0 unspecified atom stereocenters. The van der Waals surface area contributed by atoms with Crippen LogP contribution in [0.2, 0.25) is 0 Å². The Morgan fingerprint density at radius 3 is 1.60 bits per heavy atom. The highest BCUT2D eigenvalue weighted by atomic mass is 19.4. The molecule has 2 nitrogen and oxygen atoms in total. The smallest absolute Gasteiger partial charge is 0.429 e. The van der Waals surface area contributed by atoms with Gasteiger partial charge in [-0.2, -0.15) is 8.78 Å². The second kappa shape index (κ2) is 11.9. The molecule has 0 radical (unpaired) electrons. The molecule has 0 bridgehead atoms. The zero-order valence-electron chi connectivity index (χ0n) is 21.6. The van der Waals surface area contributed by atoms with Crippen molar-refractivity contribution in [2.75, 3.05) is 0 Å². The van der Waals surface area contributed by atoms with Crippen LogP contribution >= 0.6 is 0 Å². The summed E-state index contributed by atoms with van der Waals surface area (Å²) in [5.41, 5.74) is -1.57. The molecule has 2 aliphatic carbocycles. The molecular formula is C29H29F9O2. The minimum Gasteiger partial charge on any atom is -0.429 e. The first-order valence-corrected chi connectivity index (χ1v) is 13.2. The van der Waals surface area contributed by atoms with E-state index in [0.29, 0.717) is 24.7 Å². The van der Waals surface area contributed by atoms with Crippen molar-refractivity contribution in [3.05, 3.63) is 70.8 Å². The molecule has 0 spiro atoms. The maximum absolute atomic E-state index is 14.8. The van der Waals surface area contributed by atoms with E-state index in [1.165, 1.54) is 25.7 Å². The number of allylic oxidation sites excluding steroid dienone is 2. The van der Waals surface area contributed by atoms with Crippen LogP contribution in [0, 0.1) is 41.0 Å². The molecule has 0 N–H and O–H groups in total. The van der Waals surface area contributed by atoms with Crippen LogP contribution in [-0.4, -0.2) is 6.36 Å². The zero-order valence-corrected chi connectivity index (χ0v) is 21.6. The van der Waals surface area contributed by atoms with Gasteiger partial charge in [-0.15, -0.1) is 13.2 Å². The Morgan fingerprint density at radius 1 is 0.650 bits per heavy atom. The van der Waals surface area contributed by atoms with E-state index in [9.17, 15) is 39.5 Å². The fourth-order valence-corrected chi connectivity index (χ4v) is 5.55. The molecule has 0 heterocycles. The van der Waals surface area contributed by atoms with Crippen molar-refractivity contribution in [1.29, 1.82) is 0 Å². The third-order valence-electron chi connectivity index (χ3n) is 7.75. The number of benzene rings is 2. The molecule has 2 aromatic carbocycles. The van der Waals surface area contributed by atoms with E-state index in [1.54, 1.807) is 0 Å². The van der Waals surface area contributed by atoms with Crippen LogP contribution < -0.4 is 9.47 Å². The summed E-state index contributed by atoms with van der Waals surface area (Å²) in [7, 11) is 0. The van der Waals surface area contributed by atoms with Crippen molar-refractivity contribution < 1.29 is 49.0 Å². The quantitative estimate of drug-likeness (QED) is 0.240. The van der Waals surface area contributed by atoms with E-state index >= 15 is 0 Å². The third kappa shape index (κ3) is 7.46. The Hall–Kier alpha value is -2.85. The molecule has 2 aromatic rings. The molecule has 0 saturated heterocycles. The number of ether oxygens (including phenoxy) is 2. The van der Waals surface area contributed by atoms with Crippen molar-refractivity contribution in [3.8, 4) is 11.5 Å². The minimum absolute atomic E-state index is 0.01000. The molecule has 2 aliphatic rings. The summed E-state index contributed by atoms with van der Waals surface area (Å²) in [5.74, 6) is -8.99. The van der Waals surface area contributed by atoms with Gasteiger partial charge in [0.15, 0.2) is 11.6 Å². The van der Waals surface area contributed by atoms with E-state index in [-0.39, 0.29) is 23.6 Å². The minimum atomic E-state index is -5.45. The second-order valence-electron chi connectivity index (χ2n) is 10.8. The van der Waals surface area contributed by atoms with Crippen LogP contribution in [-0.2, 0) is 6.11 Å². The average Bonchev–Trinajstić information content (AvgIpc) is 2.85. The third-order valence-corrected chi connectivity index (χ3v) is 7.75. The van der Waals surface area contributed by atoms with Crippen LogP contribution in [0.15, 0.2) is 36.4 Å². The Labute approximate surface area is 226 Å². The van der Waals surface area contributed by atoms with Crippen LogP contribution in [0.1, 0.15) is 75.3 Å². The number of rotatable bonds is 7. The van der Waals surface area contributed by atoms with E-state index in [4.69, 9.17) is 0 Å². The second-order valence-corrected chi connectivity index (χ2v) is 10.8. The summed E-state index contributed by atoms with van der Waals surface area (Å²) in [4.78, 5) is 0. The summed E-state index contributed by atoms with van der Waals surface area (Å²) < 4.78 is 131. The van der Waals surface area contributed by atoms with Gasteiger partial charge in [-0.05, 0) is 79.9 Å². The van der Waals surface area contributed by atoms with Crippen molar-refractivity contribution in [1.82, 2.24) is 0 Å². The fourth-order valence-electron chi connectivity index (χ4n) is 5.55. The lowest BCUT2D eigenvalue weighted by Crippen LogP contribution is -2.26. The summed E-state index contributed by atoms with van der Waals surface area (Å²) in [6.07, 6.45) is 1.92. The molecule has 0 aromatic heterocycles. The highest BCUT2D eigenvalue weighted by Gasteiger charge is 2.42. The molecule has 0 atom stereocenters. The SMILES string of the molecule is CC1CCC(/C=C/C2CCC(c3cc(F)c(C(F)(F)Oc4cc(F)c(OC(F)(F)F)c(F)c4)c(F)c3)CC2)CC1. The number of halogens is 9. The topological polar surface area (TPSA) is 18.5 Å². The molecule has 0 amide bonds. The molecule has 220 valence electrons. The monoisotopic (exact) mass is 580 g/mol. The van der Waals surface area contributed by atoms with E-state index in [1.807, 2.05) is 0 Å². The summed E-state index contributed by atoms with van der Waals surface area (Å²) >= 11 is 0. The van der Waals surface area contributed by atoms with Crippen molar-refractivity contribution in [2.45, 2.75) is 76.7 Å². The number of hydrogen-bond donors (Lipinski definition) is 0. The van der Waals surface area contributed by atoms with Crippen molar-refractivity contribution in [3.63, 3.8) is 0 Å². The zero-order chi connectivity index (χ0) is 29.2.